The van der Waals surface area contributed by atoms with Crippen LogP contribution in [0.25, 0.3) is 0 Å². The predicted octanol–water partition coefficient (Wildman–Crippen LogP) is 3.85. The van der Waals surface area contributed by atoms with Gasteiger partial charge in [0, 0.05) is 26.1 Å². The number of fused-ring (bicyclic) bond motifs is 1. The maximum absolute atomic E-state index is 5.78. The van der Waals surface area contributed by atoms with E-state index in [4.69, 9.17) is 14.2 Å². The number of rotatable bonds is 6. The Morgan fingerprint density at radius 2 is 1.79 bits per heavy atom. The van der Waals surface area contributed by atoms with Gasteiger partial charge in [-0.15, -0.1) is 0 Å². The molecule has 4 heteroatoms. The standard InChI is InChI=1S/C20H25NO3/c1-15(21-13-17-6-3-4-7-18(17)14-22-2)16-8-9-19-20(12-16)24-11-5-10-23-19/h3-4,6-9,12,15,21H,5,10-11,13-14H2,1-2H3. The Morgan fingerprint density at radius 3 is 2.58 bits per heavy atom. The molecule has 2 aromatic rings. The molecular weight excluding hydrogens is 302 g/mol. The lowest BCUT2D eigenvalue weighted by molar-refractivity contribution is 0.184. The van der Waals surface area contributed by atoms with Crippen LogP contribution in [-0.4, -0.2) is 20.3 Å². The predicted molar refractivity (Wildman–Crippen MR) is 94.5 cm³/mol. The Hall–Kier alpha value is -2.04. The molecule has 0 aromatic heterocycles. The summed E-state index contributed by atoms with van der Waals surface area (Å²) >= 11 is 0. The fraction of sp³-hybridized carbons (Fsp3) is 0.400. The smallest absolute Gasteiger partial charge is 0.161 e. The van der Waals surface area contributed by atoms with Crippen molar-refractivity contribution in [3.8, 4) is 11.5 Å². The summed E-state index contributed by atoms with van der Waals surface area (Å²) in [6.45, 7) is 5.03. The highest BCUT2D eigenvalue weighted by atomic mass is 16.5. The van der Waals surface area contributed by atoms with Gasteiger partial charge in [0.2, 0.25) is 0 Å². The fourth-order valence-corrected chi connectivity index (χ4v) is 2.86. The second kappa shape index (κ2) is 8.18. The van der Waals surface area contributed by atoms with Gasteiger partial charge >= 0.3 is 0 Å². The molecule has 0 saturated carbocycles. The van der Waals surface area contributed by atoms with Crippen molar-refractivity contribution in [1.82, 2.24) is 5.32 Å². The lowest BCUT2D eigenvalue weighted by atomic mass is 10.1. The number of benzene rings is 2. The van der Waals surface area contributed by atoms with Crippen LogP contribution in [0, 0.1) is 0 Å². The lowest BCUT2D eigenvalue weighted by Gasteiger charge is -2.17. The van der Waals surface area contributed by atoms with E-state index in [1.807, 2.05) is 12.1 Å². The SMILES string of the molecule is COCc1ccccc1CNC(C)c1ccc2c(c1)OCCCO2. The van der Waals surface area contributed by atoms with Crippen molar-refractivity contribution < 1.29 is 14.2 Å². The zero-order chi connectivity index (χ0) is 16.8. The van der Waals surface area contributed by atoms with E-state index in [1.54, 1.807) is 7.11 Å². The van der Waals surface area contributed by atoms with E-state index in [-0.39, 0.29) is 6.04 Å². The zero-order valence-electron chi connectivity index (χ0n) is 14.4. The molecule has 1 aliphatic rings. The van der Waals surface area contributed by atoms with Gasteiger partial charge in [-0.3, -0.25) is 0 Å². The molecule has 0 aliphatic carbocycles. The van der Waals surface area contributed by atoms with Crippen LogP contribution in [0.15, 0.2) is 42.5 Å². The third kappa shape index (κ3) is 4.08. The highest BCUT2D eigenvalue weighted by Gasteiger charge is 2.13. The van der Waals surface area contributed by atoms with Crippen LogP contribution >= 0.6 is 0 Å². The van der Waals surface area contributed by atoms with E-state index in [2.05, 4.69) is 42.6 Å². The Morgan fingerprint density at radius 1 is 1.04 bits per heavy atom. The molecule has 0 bridgehead atoms. The van der Waals surface area contributed by atoms with Crippen LogP contribution in [0.5, 0.6) is 11.5 Å². The first-order valence-electron chi connectivity index (χ1n) is 8.46. The largest absolute Gasteiger partial charge is 0.490 e. The number of methoxy groups -OCH3 is 1. The monoisotopic (exact) mass is 327 g/mol. The zero-order valence-corrected chi connectivity index (χ0v) is 14.4. The molecule has 1 unspecified atom stereocenters. The summed E-state index contributed by atoms with van der Waals surface area (Å²) in [5.74, 6) is 1.69. The van der Waals surface area contributed by atoms with Gasteiger partial charge in [0.05, 0.1) is 19.8 Å². The molecule has 1 heterocycles. The van der Waals surface area contributed by atoms with Crippen molar-refractivity contribution in [1.29, 1.82) is 0 Å². The van der Waals surface area contributed by atoms with Crippen LogP contribution in [-0.2, 0) is 17.9 Å². The van der Waals surface area contributed by atoms with Crippen molar-refractivity contribution in [3.63, 3.8) is 0 Å². The van der Waals surface area contributed by atoms with Gasteiger partial charge in [-0.2, -0.15) is 0 Å². The summed E-state index contributed by atoms with van der Waals surface area (Å²) < 4.78 is 16.8. The third-order valence-electron chi connectivity index (χ3n) is 4.29. The first-order chi connectivity index (χ1) is 11.8. The molecule has 0 amide bonds. The Bertz CT molecular complexity index is 672. The number of hydrogen-bond acceptors (Lipinski definition) is 4. The Balaban J connectivity index is 1.67. The average molecular weight is 327 g/mol. The summed E-state index contributed by atoms with van der Waals surface area (Å²) in [6, 6.07) is 14.8. The second-order valence-corrected chi connectivity index (χ2v) is 6.06. The molecule has 1 N–H and O–H groups in total. The highest BCUT2D eigenvalue weighted by molar-refractivity contribution is 5.44. The van der Waals surface area contributed by atoms with Crippen molar-refractivity contribution in [3.05, 3.63) is 59.2 Å². The Labute approximate surface area is 143 Å². The first kappa shape index (κ1) is 16.8. The Kier molecular flexibility index (Phi) is 5.72. The van der Waals surface area contributed by atoms with Gasteiger partial charge < -0.3 is 19.5 Å². The van der Waals surface area contributed by atoms with Gasteiger partial charge in [0.25, 0.3) is 0 Å². The summed E-state index contributed by atoms with van der Waals surface area (Å²) in [5, 5.41) is 3.58. The molecule has 24 heavy (non-hydrogen) atoms. The second-order valence-electron chi connectivity index (χ2n) is 6.06. The van der Waals surface area contributed by atoms with Gasteiger partial charge in [-0.1, -0.05) is 30.3 Å². The van der Waals surface area contributed by atoms with E-state index >= 15 is 0 Å². The minimum Gasteiger partial charge on any atom is -0.490 e. The van der Waals surface area contributed by atoms with Crippen molar-refractivity contribution in [2.24, 2.45) is 0 Å². The number of hydrogen-bond donors (Lipinski definition) is 1. The van der Waals surface area contributed by atoms with E-state index in [9.17, 15) is 0 Å². The van der Waals surface area contributed by atoms with Gasteiger partial charge in [-0.05, 0) is 35.7 Å². The van der Waals surface area contributed by atoms with Gasteiger partial charge in [0.1, 0.15) is 0 Å². The fourth-order valence-electron chi connectivity index (χ4n) is 2.86. The molecule has 3 rings (SSSR count). The molecule has 0 radical (unpaired) electrons. The summed E-state index contributed by atoms with van der Waals surface area (Å²) in [5.41, 5.74) is 3.68. The van der Waals surface area contributed by atoms with E-state index in [0.717, 1.165) is 31.1 Å². The molecule has 0 spiro atoms. The molecule has 0 fully saturated rings. The minimum atomic E-state index is 0.220. The molecule has 128 valence electrons. The van der Waals surface area contributed by atoms with Crippen LogP contribution in [0.4, 0.5) is 0 Å². The molecular formula is C20H25NO3. The van der Waals surface area contributed by atoms with Crippen LogP contribution in [0.1, 0.15) is 36.1 Å². The first-order valence-corrected chi connectivity index (χ1v) is 8.46. The van der Waals surface area contributed by atoms with Crippen molar-refractivity contribution >= 4 is 0 Å². The average Bonchev–Trinajstić information content (AvgIpc) is 2.85. The highest BCUT2D eigenvalue weighted by Crippen LogP contribution is 2.32. The minimum absolute atomic E-state index is 0.220. The summed E-state index contributed by atoms with van der Waals surface area (Å²) in [6.07, 6.45) is 0.925. The van der Waals surface area contributed by atoms with Gasteiger partial charge in [0.15, 0.2) is 11.5 Å². The quantitative estimate of drug-likeness (QED) is 0.875. The lowest BCUT2D eigenvalue weighted by Crippen LogP contribution is -2.19. The molecule has 1 aliphatic heterocycles. The van der Waals surface area contributed by atoms with Crippen LogP contribution in [0.3, 0.4) is 0 Å². The van der Waals surface area contributed by atoms with Crippen LogP contribution < -0.4 is 14.8 Å². The van der Waals surface area contributed by atoms with Gasteiger partial charge in [-0.25, -0.2) is 0 Å². The van der Waals surface area contributed by atoms with Crippen LogP contribution in [0.2, 0.25) is 0 Å². The third-order valence-corrected chi connectivity index (χ3v) is 4.29. The molecule has 2 aromatic carbocycles. The van der Waals surface area contributed by atoms with E-state index < -0.39 is 0 Å². The van der Waals surface area contributed by atoms with Crippen molar-refractivity contribution in [2.75, 3.05) is 20.3 Å². The van der Waals surface area contributed by atoms with E-state index in [0.29, 0.717) is 13.2 Å². The maximum Gasteiger partial charge on any atom is 0.161 e. The van der Waals surface area contributed by atoms with Crippen molar-refractivity contribution in [2.45, 2.75) is 32.5 Å². The van der Waals surface area contributed by atoms with E-state index in [1.165, 1.54) is 16.7 Å². The molecule has 4 nitrogen and oxygen atoms in total. The number of nitrogens with one attached hydrogen (secondary N) is 1. The molecule has 1 atom stereocenters. The summed E-state index contributed by atoms with van der Waals surface area (Å²) in [7, 11) is 1.73. The topological polar surface area (TPSA) is 39.7 Å². The summed E-state index contributed by atoms with van der Waals surface area (Å²) in [4.78, 5) is 0. The maximum atomic E-state index is 5.78. The normalized spacial score (nSPS) is 14.9. The number of ether oxygens (including phenoxy) is 3. The molecule has 0 saturated heterocycles.